The quantitative estimate of drug-likeness (QED) is 0.602. The molecule has 0 spiro atoms. The minimum absolute atomic E-state index is 0.124. The number of rotatable bonds is 1. The highest BCUT2D eigenvalue weighted by atomic mass is 32.2. The lowest BCUT2D eigenvalue weighted by molar-refractivity contribution is -0.660. The molecule has 120 valence electrons. The summed E-state index contributed by atoms with van der Waals surface area (Å²) in [4.78, 5) is 7.33. The number of fused-ring (bicyclic) bond motifs is 2. The number of nitrogens with zero attached hydrogens (tertiary/aromatic N) is 2. The fourth-order valence-electron chi connectivity index (χ4n) is 3.69. The first-order valence-electron chi connectivity index (χ1n) is 8.22. The Kier molecular flexibility index (Phi) is 3.50. The Balaban J connectivity index is 2.06. The third-order valence-electron chi connectivity index (χ3n) is 4.89. The second-order valence-corrected chi connectivity index (χ2v) is 7.99. The highest BCUT2D eigenvalue weighted by Gasteiger charge is 2.38. The standard InChI is InChI=1S/C21H21N2S/c1-14-10-11-16-19(18(14)15-8-5-6-13-23(15)4)21(2,3)20-17(24-16)9-7-12-22-20/h5-13H,1-4H3/q+1. The van der Waals surface area contributed by atoms with E-state index in [1.807, 2.05) is 24.0 Å². The second kappa shape index (κ2) is 5.45. The fourth-order valence-corrected chi connectivity index (χ4v) is 5.07. The van der Waals surface area contributed by atoms with Crippen LogP contribution in [0, 0.1) is 6.92 Å². The van der Waals surface area contributed by atoms with Crippen LogP contribution in [0.5, 0.6) is 0 Å². The highest BCUT2D eigenvalue weighted by Crippen LogP contribution is 2.51. The first-order valence-corrected chi connectivity index (χ1v) is 9.04. The lowest BCUT2D eigenvalue weighted by Gasteiger charge is -2.35. The van der Waals surface area contributed by atoms with Gasteiger partial charge in [-0.25, -0.2) is 4.57 Å². The molecule has 1 aromatic carbocycles. The summed E-state index contributed by atoms with van der Waals surface area (Å²) in [6.45, 7) is 6.80. The minimum Gasteiger partial charge on any atom is -0.259 e. The van der Waals surface area contributed by atoms with Crippen molar-refractivity contribution in [1.82, 2.24) is 4.98 Å². The van der Waals surface area contributed by atoms with E-state index < -0.39 is 0 Å². The van der Waals surface area contributed by atoms with Gasteiger partial charge in [-0.15, -0.1) is 0 Å². The van der Waals surface area contributed by atoms with Crippen LogP contribution in [-0.4, -0.2) is 4.98 Å². The molecule has 4 rings (SSSR count). The SMILES string of the molecule is Cc1ccc2c(c1-c1cccc[n+]1C)C(C)(C)c1ncccc1S2. The molecule has 2 nitrogen and oxygen atoms in total. The van der Waals surface area contributed by atoms with Crippen LogP contribution in [-0.2, 0) is 12.5 Å². The van der Waals surface area contributed by atoms with E-state index >= 15 is 0 Å². The smallest absolute Gasteiger partial charge is 0.212 e. The molecule has 0 amide bonds. The number of aromatic nitrogens is 2. The lowest BCUT2D eigenvalue weighted by atomic mass is 9.76. The maximum absolute atomic E-state index is 4.73. The zero-order chi connectivity index (χ0) is 16.9. The van der Waals surface area contributed by atoms with Crippen molar-refractivity contribution in [2.75, 3.05) is 0 Å². The summed E-state index contributed by atoms with van der Waals surface area (Å²) in [6, 6.07) is 15.1. The van der Waals surface area contributed by atoms with Crippen molar-refractivity contribution in [2.24, 2.45) is 7.05 Å². The van der Waals surface area contributed by atoms with Gasteiger partial charge in [0.2, 0.25) is 5.69 Å². The Morgan fingerprint density at radius 3 is 2.62 bits per heavy atom. The van der Waals surface area contributed by atoms with Crippen LogP contribution in [0.2, 0.25) is 0 Å². The summed E-state index contributed by atoms with van der Waals surface area (Å²) >= 11 is 1.84. The average Bonchev–Trinajstić information content (AvgIpc) is 2.56. The summed E-state index contributed by atoms with van der Waals surface area (Å²) in [5, 5.41) is 0. The molecule has 0 N–H and O–H groups in total. The van der Waals surface area contributed by atoms with Crippen LogP contribution in [0.3, 0.4) is 0 Å². The molecule has 0 atom stereocenters. The number of benzene rings is 1. The summed E-state index contributed by atoms with van der Waals surface area (Å²) in [6.07, 6.45) is 4.02. The van der Waals surface area contributed by atoms with Gasteiger partial charge >= 0.3 is 0 Å². The van der Waals surface area contributed by atoms with E-state index in [0.717, 1.165) is 0 Å². The van der Waals surface area contributed by atoms with E-state index in [1.165, 1.54) is 37.9 Å². The van der Waals surface area contributed by atoms with E-state index in [1.54, 1.807) is 0 Å². The molecule has 0 saturated heterocycles. The molecule has 2 aromatic heterocycles. The van der Waals surface area contributed by atoms with E-state index in [-0.39, 0.29) is 5.41 Å². The third kappa shape index (κ3) is 2.19. The van der Waals surface area contributed by atoms with Crippen LogP contribution in [0.1, 0.15) is 30.7 Å². The summed E-state index contributed by atoms with van der Waals surface area (Å²) in [5.74, 6) is 0. The van der Waals surface area contributed by atoms with Crippen LogP contribution < -0.4 is 4.57 Å². The van der Waals surface area contributed by atoms with Crippen LogP contribution in [0.4, 0.5) is 0 Å². The molecule has 0 aliphatic carbocycles. The molecule has 1 aliphatic heterocycles. The maximum atomic E-state index is 4.73. The zero-order valence-electron chi connectivity index (χ0n) is 14.5. The van der Waals surface area contributed by atoms with Crippen molar-refractivity contribution in [3.8, 4) is 11.3 Å². The average molecular weight is 333 g/mol. The van der Waals surface area contributed by atoms with Crippen molar-refractivity contribution in [3.63, 3.8) is 0 Å². The van der Waals surface area contributed by atoms with Gasteiger partial charge in [0.05, 0.1) is 11.3 Å². The van der Waals surface area contributed by atoms with E-state index in [2.05, 4.69) is 75.0 Å². The molecule has 24 heavy (non-hydrogen) atoms. The molecule has 0 fully saturated rings. The van der Waals surface area contributed by atoms with Crippen molar-refractivity contribution in [2.45, 2.75) is 36.0 Å². The van der Waals surface area contributed by atoms with E-state index in [0.29, 0.717) is 0 Å². The van der Waals surface area contributed by atoms with Gasteiger partial charge in [0.1, 0.15) is 7.05 Å². The zero-order valence-corrected chi connectivity index (χ0v) is 15.3. The summed E-state index contributed by atoms with van der Waals surface area (Å²) < 4.78 is 2.21. The van der Waals surface area contributed by atoms with Gasteiger partial charge in [0.25, 0.3) is 0 Å². The molecule has 0 bridgehead atoms. The summed E-state index contributed by atoms with van der Waals surface area (Å²) in [7, 11) is 2.11. The normalized spacial score (nSPS) is 14.8. The van der Waals surface area contributed by atoms with Crippen molar-refractivity contribution in [3.05, 3.63) is 71.7 Å². The molecule has 0 radical (unpaired) electrons. The lowest BCUT2D eigenvalue weighted by Crippen LogP contribution is -2.33. The largest absolute Gasteiger partial charge is 0.259 e. The van der Waals surface area contributed by atoms with Crippen molar-refractivity contribution in [1.29, 1.82) is 0 Å². The Hall–Kier alpha value is -2.13. The monoisotopic (exact) mass is 333 g/mol. The number of hydrogen-bond donors (Lipinski definition) is 0. The second-order valence-electron chi connectivity index (χ2n) is 6.90. The highest BCUT2D eigenvalue weighted by molar-refractivity contribution is 7.99. The Morgan fingerprint density at radius 1 is 1.00 bits per heavy atom. The molecule has 0 saturated carbocycles. The first kappa shape index (κ1) is 15.4. The Bertz CT molecular complexity index is 944. The molecule has 3 aromatic rings. The van der Waals surface area contributed by atoms with E-state index in [9.17, 15) is 0 Å². The minimum atomic E-state index is -0.124. The number of hydrogen-bond acceptors (Lipinski definition) is 2. The number of pyridine rings is 2. The molecular weight excluding hydrogens is 312 g/mol. The molecule has 1 aliphatic rings. The van der Waals surface area contributed by atoms with Crippen LogP contribution in [0.15, 0.2) is 64.6 Å². The van der Waals surface area contributed by atoms with Gasteiger partial charge in [-0.1, -0.05) is 31.7 Å². The van der Waals surface area contributed by atoms with Crippen molar-refractivity contribution >= 4 is 11.8 Å². The van der Waals surface area contributed by atoms with Gasteiger partial charge < -0.3 is 0 Å². The van der Waals surface area contributed by atoms with Gasteiger partial charge in [-0.05, 0) is 42.3 Å². The first-order chi connectivity index (χ1) is 11.5. The van der Waals surface area contributed by atoms with Crippen LogP contribution in [0.25, 0.3) is 11.3 Å². The molecule has 3 heteroatoms. The van der Waals surface area contributed by atoms with Gasteiger partial charge in [0, 0.05) is 33.5 Å². The third-order valence-corrected chi connectivity index (χ3v) is 6.00. The van der Waals surface area contributed by atoms with Gasteiger partial charge in [-0.3, -0.25) is 4.98 Å². The Labute approximate surface area is 147 Å². The molecular formula is C21H21N2S+. The maximum Gasteiger partial charge on any atom is 0.212 e. The van der Waals surface area contributed by atoms with Gasteiger partial charge in [-0.2, -0.15) is 0 Å². The van der Waals surface area contributed by atoms with Gasteiger partial charge in [0.15, 0.2) is 6.20 Å². The fraction of sp³-hybridized carbons (Fsp3) is 0.238. The number of aryl methyl sites for hydroxylation is 2. The molecule has 0 unspecified atom stereocenters. The summed E-state index contributed by atoms with van der Waals surface area (Å²) in [5.41, 5.74) is 6.34. The van der Waals surface area contributed by atoms with Crippen molar-refractivity contribution < 1.29 is 4.57 Å². The predicted molar refractivity (Wildman–Crippen MR) is 98.3 cm³/mol. The Morgan fingerprint density at radius 2 is 1.83 bits per heavy atom. The topological polar surface area (TPSA) is 16.8 Å². The van der Waals surface area contributed by atoms with E-state index in [4.69, 9.17) is 4.98 Å². The predicted octanol–water partition coefficient (Wildman–Crippen LogP) is 4.67. The molecule has 3 heterocycles. The van der Waals surface area contributed by atoms with Crippen LogP contribution >= 0.6 is 11.8 Å².